The van der Waals surface area contributed by atoms with Crippen LogP contribution in [0.3, 0.4) is 0 Å². The zero-order chi connectivity index (χ0) is 12.3. The second-order valence-electron chi connectivity index (χ2n) is 4.20. The van der Waals surface area contributed by atoms with Gasteiger partial charge < -0.3 is 5.11 Å². The van der Waals surface area contributed by atoms with Gasteiger partial charge in [0.15, 0.2) is 0 Å². The quantitative estimate of drug-likeness (QED) is 0.915. The van der Waals surface area contributed by atoms with Crippen LogP contribution in [0.2, 0.25) is 5.02 Å². The maximum absolute atomic E-state index is 11.2. The largest absolute Gasteiger partial charge is 0.481 e. The summed E-state index contributed by atoms with van der Waals surface area (Å²) in [5.74, 6) is -0.928. The van der Waals surface area contributed by atoms with Gasteiger partial charge in [0.1, 0.15) is 0 Å². The first-order valence-corrected chi connectivity index (χ1v) is 6.93. The standard InChI is InChI=1S/C12H14ClNO2S/c13-8-5-6-11(14-7-8)17-10-4-2-1-3-9(10)12(15)16/h5-7,9-10H,1-4H2,(H,15,16). The number of pyridine rings is 1. The predicted molar refractivity (Wildman–Crippen MR) is 68.5 cm³/mol. The van der Waals surface area contributed by atoms with Crippen LogP contribution in [0, 0.1) is 5.92 Å². The molecule has 0 amide bonds. The Balaban J connectivity index is 2.05. The van der Waals surface area contributed by atoms with Gasteiger partial charge in [-0.1, -0.05) is 24.4 Å². The molecule has 1 heterocycles. The summed E-state index contributed by atoms with van der Waals surface area (Å²) in [6, 6.07) is 3.63. The van der Waals surface area contributed by atoms with Crippen molar-refractivity contribution in [1.82, 2.24) is 4.98 Å². The number of carbonyl (C=O) groups is 1. The average Bonchev–Trinajstić information content (AvgIpc) is 2.32. The van der Waals surface area contributed by atoms with E-state index in [0.717, 1.165) is 30.7 Å². The Labute approximate surface area is 110 Å². The van der Waals surface area contributed by atoms with E-state index < -0.39 is 5.97 Å². The van der Waals surface area contributed by atoms with Crippen LogP contribution in [-0.2, 0) is 4.79 Å². The molecule has 2 unspecified atom stereocenters. The predicted octanol–water partition coefficient (Wildman–Crippen LogP) is 3.47. The summed E-state index contributed by atoms with van der Waals surface area (Å²) in [6.07, 6.45) is 5.45. The molecule has 5 heteroatoms. The smallest absolute Gasteiger partial charge is 0.307 e. The van der Waals surface area contributed by atoms with E-state index in [-0.39, 0.29) is 11.2 Å². The fourth-order valence-corrected chi connectivity index (χ4v) is 3.49. The van der Waals surface area contributed by atoms with Crippen LogP contribution in [0.25, 0.3) is 0 Å². The Morgan fingerprint density at radius 2 is 2.18 bits per heavy atom. The van der Waals surface area contributed by atoms with Crippen molar-refractivity contribution in [3.63, 3.8) is 0 Å². The van der Waals surface area contributed by atoms with E-state index in [0.29, 0.717) is 5.02 Å². The molecule has 1 saturated carbocycles. The minimum Gasteiger partial charge on any atom is -0.481 e. The van der Waals surface area contributed by atoms with Crippen LogP contribution in [0.15, 0.2) is 23.4 Å². The van der Waals surface area contributed by atoms with E-state index in [1.807, 2.05) is 6.07 Å². The number of nitrogens with zero attached hydrogens (tertiary/aromatic N) is 1. The van der Waals surface area contributed by atoms with E-state index in [2.05, 4.69) is 4.98 Å². The number of carboxylic acid groups (broad SMARTS) is 1. The molecular formula is C12H14ClNO2S. The second-order valence-corrected chi connectivity index (χ2v) is 5.90. The van der Waals surface area contributed by atoms with Crippen molar-refractivity contribution in [3.8, 4) is 0 Å². The first-order valence-electron chi connectivity index (χ1n) is 5.68. The average molecular weight is 272 g/mol. The minimum atomic E-state index is -0.684. The van der Waals surface area contributed by atoms with Crippen LogP contribution in [0.4, 0.5) is 0 Å². The van der Waals surface area contributed by atoms with Gasteiger partial charge in [0, 0.05) is 11.4 Å². The molecule has 1 aromatic heterocycles. The number of hydrogen-bond donors (Lipinski definition) is 1. The molecule has 0 radical (unpaired) electrons. The van der Waals surface area contributed by atoms with Gasteiger partial charge in [-0.2, -0.15) is 0 Å². The van der Waals surface area contributed by atoms with Crippen molar-refractivity contribution in [2.45, 2.75) is 36.0 Å². The summed E-state index contributed by atoms with van der Waals surface area (Å²) in [7, 11) is 0. The van der Waals surface area contributed by atoms with Crippen molar-refractivity contribution < 1.29 is 9.90 Å². The number of aliphatic carboxylic acids is 1. The zero-order valence-corrected chi connectivity index (χ0v) is 10.9. The second kappa shape index (κ2) is 5.74. The molecule has 1 aromatic rings. The van der Waals surface area contributed by atoms with Gasteiger partial charge in [0.2, 0.25) is 0 Å². The molecule has 0 aliphatic heterocycles. The number of aromatic nitrogens is 1. The van der Waals surface area contributed by atoms with Crippen LogP contribution in [-0.4, -0.2) is 21.3 Å². The lowest BCUT2D eigenvalue weighted by atomic mass is 9.89. The molecule has 0 aromatic carbocycles. The number of hydrogen-bond acceptors (Lipinski definition) is 3. The van der Waals surface area contributed by atoms with Gasteiger partial charge >= 0.3 is 5.97 Å². The highest BCUT2D eigenvalue weighted by Gasteiger charge is 2.31. The van der Waals surface area contributed by atoms with Gasteiger partial charge in [-0.15, -0.1) is 11.8 Å². The van der Waals surface area contributed by atoms with Gasteiger partial charge in [0.05, 0.1) is 16.0 Å². The van der Waals surface area contributed by atoms with E-state index >= 15 is 0 Å². The number of halogens is 1. The highest BCUT2D eigenvalue weighted by atomic mass is 35.5. The topological polar surface area (TPSA) is 50.2 Å². The Morgan fingerprint density at radius 1 is 1.41 bits per heavy atom. The summed E-state index contributed by atoms with van der Waals surface area (Å²) in [6.45, 7) is 0. The van der Waals surface area contributed by atoms with Crippen molar-refractivity contribution in [2.24, 2.45) is 5.92 Å². The van der Waals surface area contributed by atoms with Crippen LogP contribution < -0.4 is 0 Å². The Hall–Kier alpha value is -0.740. The molecule has 1 fully saturated rings. The summed E-state index contributed by atoms with van der Waals surface area (Å²) in [5, 5.41) is 10.8. The molecular weight excluding hydrogens is 258 g/mol. The fraction of sp³-hybridized carbons (Fsp3) is 0.500. The maximum atomic E-state index is 11.2. The first-order chi connectivity index (χ1) is 8.16. The lowest BCUT2D eigenvalue weighted by Gasteiger charge is -2.27. The molecule has 1 aliphatic carbocycles. The molecule has 1 N–H and O–H groups in total. The minimum absolute atomic E-state index is 0.134. The summed E-state index contributed by atoms with van der Waals surface area (Å²) in [4.78, 5) is 15.4. The summed E-state index contributed by atoms with van der Waals surface area (Å²) in [5.41, 5.74) is 0. The SMILES string of the molecule is O=C(O)C1CCCCC1Sc1ccc(Cl)cn1. The van der Waals surface area contributed by atoms with Gasteiger partial charge in [0.25, 0.3) is 0 Å². The molecule has 3 nitrogen and oxygen atoms in total. The van der Waals surface area contributed by atoms with Crippen LogP contribution >= 0.6 is 23.4 Å². The highest BCUT2D eigenvalue weighted by Crippen LogP contribution is 2.37. The normalized spacial score (nSPS) is 24.5. The van der Waals surface area contributed by atoms with E-state index in [4.69, 9.17) is 11.6 Å². The van der Waals surface area contributed by atoms with Crippen LogP contribution in [0.1, 0.15) is 25.7 Å². The van der Waals surface area contributed by atoms with Crippen molar-refractivity contribution in [2.75, 3.05) is 0 Å². The zero-order valence-electron chi connectivity index (χ0n) is 9.30. The van der Waals surface area contributed by atoms with Gasteiger partial charge in [-0.05, 0) is 25.0 Å². The molecule has 92 valence electrons. The fourth-order valence-electron chi connectivity index (χ4n) is 2.11. The number of rotatable bonds is 3. The van der Waals surface area contributed by atoms with Crippen molar-refractivity contribution in [3.05, 3.63) is 23.4 Å². The van der Waals surface area contributed by atoms with Crippen molar-refractivity contribution >= 4 is 29.3 Å². The molecule has 17 heavy (non-hydrogen) atoms. The third kappa shape index (κ3) is 3.36. The number of carboxylic acids is 1. The molecule has 2 rings (SSSR count). The molecule has 0 saturated heterocycles. The molecule has 0 bridgehead atoms. The molecule has 2 atom stereocenters. The lowest BCUT2D eigenvalue weighted by molar-refractivity contribution is -0.142. The lowest BCUT2D eigenvalue weighted by Crippen LogP contribution is -2.29. The molecule has 1 aliphatic rings. The third-order valence-corrected chi connectivity index (χ3v) is 4.57. The molecule has 0 spiro atoms. The summed E-state index contributed by atoms with van der Waals surface area (Å²) < 4.78 is 0. The van der Waals surface area contributed by atoms with E-state index in [1.54, 1.807) is 24.0 Å². The van der Waals surface area contributed by atoms with E-state index in [9.17, 15) is 9.90 Å². The Kier molecular flexibility index (Phi) is 4.29. The van der Waals surface area contributed by atoms with Crippen LogP contribution in [0.5, 0.6) is 0 Å². The van der Waals surface area contributed by atoms with Gasteiger partial charge in [-0.25, -0.2) is 4.98 Å². The highest BCUT2D eigenvalue weighted by molar-refractivity contribution is 7.99. The van der Waals surface area contributed by atoms with Gasteiger partial charge in [-0.3, -0.25) is 4.79 Å². The number of thioether (sulfide) groups is 1. The van der Waals surface area contributed by atoms with E-state index in [1.165, 1.54) is 0 Å². The summed E-state index contributed by atoms with van der Waals surface area (Å²) >= 11 is 7.33. The maximum Gasteiger partial charge on any atom is 0.307 e. The Bertz CT molecular complexity index is 396. The Morgan fingerprint density at radius 3 is 2.82 bits per heavy atom. The monoisotopic (exact) mass is 271 g/mol. The first kappa shape index (κ1) is 12.7. The van der Waals surface area contributed by atoms with Crippen molar-refractivity contribution in [1.29, 1.82) is 0 Å². The third-order valence-electron chi connectivity index (χ3n) is 2.99.